The van der Waals surface area contributed by atoms with Crippen LogP contribution in [0.5, 0.6) is 0 Å². The molecule has 0 aliphatic heterocycles. The minimum Gasteiger partial charge on any atom is -0.477 e. The van der Waals surface area contributed by atoms with Crippen molar-refractivity contribution in [2.24, 2.45) is 0 Å². The van der Waals surface area contributed by atoms with Crippen molar-refractivity contribution in [2.75, 3.05) is 5.73 Å². The summed E-state index contributed by atoms with van der Waals surface area (Å²) in [6.45, 7) is 0. The number of thiophene rings is 1. The number of nitriles is 1. The Morgan fingerprint density at radius 1 is 1.53 bits per heavy atom. The molecule has 8 heteroatoms. The molecular weight excluding hydrogens is 233 g/mol. The van der Waals surface area contributed by atoms with Crippen LogP contribution in [0.3, 0.4) is 0 Å². The maximum Gasteiger partial charge on any atom is 0.426 e. The van der Waals surface area contributed by atoms with Crippen LogP contribution in [0, 0.1) is 11.3 Å². The van der Waals surface area contributed by atoms with E-state index in [1.54, 1.807) is 0 Å². The number of alkyl halides is 3. The fourth-order valence-corrected chi connectivity index (χ4v) is 1.79. The zero-order valence-corrected chi connectivity index (χ0v) is 7.74. The molecule has 0 aliphatic rings. The van der Waals surface area contributed by atoms with E-state index in [0.717, 1.165) is 0 Å². The Labute approximate surface area is 85.4 Å². The third kappa shape index (κ3) is 1.87. The molecule has 4 nitrogen and oxygen atoms in total. The van der Waals surface area contributed by atoms with Gasteiger partial charge in [0.2, 0.25) is 0 Å². The molecule has 0 unspecified atom stereocenters. The standard InChI is InChI=1S/C7H3F3N2O2S/c8-7(9,10)5-2(1-11)3(12)4(15-5)6(13)14/h12H2,(H,13,14). The van der Waals surface area contributed by atoms with Gasteiger partial charge in [-0.2, -0.15) is 18.4 Å². The number of carboxylic acid groups (broad SMARTS) is 1. The number of nitrogens with zero attached hydrogens (tertiary/aromatic N) is 1. The van der Waals surface area contributed by atoms with Crippen LogP contribution in [0.15, 0.2) is 0 Å². The zero-order chi connectivity index (χ0) is 11.8. The van der Waals surface area contributed by atoms with Crippen LogP contribution >= 0.6 is 11.3 Å². The van der Waals surface area contributed by atoms with Gasteiger partial charge < -0.3 is 10.8 Å². The van der Waals surface area contributed by atoms with Gasteiger partial charge in [0.15, 0.2) is 0 Å². The van der Waals surface area contributed by atoms with Crippen LogP contribution in [-0.2, 0) is 6.18 Å². The van der Waals surface area contributed by atoms with E-state index in [9.17, 15) is 18.0 Å². The molecule has 1 aromatic rings. The van der Waals surface area contributed by atoms with E-state index in [-0.39, 0.29) is 11.3 Å². The van der Waals surface area contributed by atoms with Crippen molar-refractivity contribution in [3.63, 3.8) is 0 Å². The molecule has 0 amide bonds. The van der Waals surface area contributed by atoms with Crippen molar-refractivity contribution in [3.8, 4) is 6.07 Å². The average molecular weight is 236 g/mol. The SMILES string of the molecule is N#Cc1c(C(F)(F)F)sc(C(=O)O)c1N. The number of halogens is 3. The summed E-state index contributed by atoms with van der Waals surface area (Å²) in [5, 5.41) is 17.0. The van der Waals surface area contributed by atoms with E-state index in [0.29, 0.717) is 0 Å². The Hall–Kier alpha value is -1.75. The Morgan fingerprint density at radius 3 is 2.33 bits per heavy atom. The summed E-state index contributed by atoms with van der Waals surface area (Å²) in [4.78, 5) is 8.54. The predicted octanol–water partition coefficient (Wildman–Crippen LogP) is 1.92. The van der Waals surface area contributed by atoms with Crippen LogP contribution in [0.4, 0.5) is 18.9 Å². The molecule has 0 fully saturated rings. The lowest BCUT2D eigenvalue weighted by molar-refractivity contribution is -0.134. The molecule has 0 radical (unpaired) electrons. The van der Waals surface area contributed by atoms with Crippen LogP contribution in [0.25, 0.3) is 0 Å². The van der Waals surface area contributed by atoms with Gasteiger partial charge in [0.1, 0.15) is 15.8 Å². The van der Waals surface area contributed by atoms with Crippen LogP contribution in [0.2, 0.25) is 0 Å². The number of nitrogens with two attached hydrogens (primary N) is 1. The second kappa shape index (κ2) is 3.43. The van der Waals surface area contributed by atoms with Crippen molar-refractivity contribution < 1.29 is 23.1 Å². The maximum atomic E-state index is 12.3. The van der Waals surface area contributed by atoms with Gasteiger partial charge in [-0.05, 0) is 0 Å². The molecular formula is C7H3F3N2O2S. The largest absolute Gasteiger partial charge is 0.477 e. The van der Waals surface area contributed by atoms with Crippen LogP contribution in [-0.4, -0.2) is 11.1 Å². The van der Waals surface area contributed by atoms with E-state index in [2.05, 4.69) is 0 Å². The van der Waals surface area contributed by atoms with Gasteiger partial charge in [0.05, 0.1) is 11.3 Å². The number of rotatable bonds is 1. The molecule has 0 aliphatic carbocycles. The molecule has 0 saturated heterocycles. The molecule has 80 valence electrons. The van der Waals surface area contributed by atoms with Gasteiger partial charge in [0, 0.05) is 0 Å². The summed E-state index contributed by atoms with van der Waals surface area (Å²) in [6.07, 6.45) is -4.77. The van der Waals surface area contributed by atoms with E-state index >= 15 is 0 Å². The van der Waals surface area contributed by atoms with Gasteiger partial charge in [0.25, 0.3) is 0 Å². The smallest absolute Gasteiger partial charge is 0.426 e. The molecule has 0 saturated carbocycles. The lowest BCUT2D eigenvalue weighted by Gasteiger charge is -2.02. The highest BCUT2D eigenvalue weighted by Gasteiger charge is 2.39. The minimum atomic E-state index is -4.77. The molecule has 0 spiro atoms. The number of carbonyl (C=O) groups is 1. The molecule has 0 aromatic carbocycles. The summed E-state index contributed by atoms with van der Waals surface area (Å²) in [5.74, 6) is -1.58. The molecule has 0 bridgehead atoms. The molecule has 1 heterocycles. The van der Waals surface area contributed by atoms with E-state index < -0.39 is 33.2 Å². The second-order valence-corrected chi connectivity index (χ2v) is 3.48. The highest BCUT2D eigenvalue weighted by molar-refractivity contribution is 7.15. The fraction of sp³-hybridized carbons (Fsp3) is 0.143. The van der Waals surface area contributed by atoms with Gasteiger partial charge in [-0.3, -0.25) is 0 Å². The van der Waals surface area contributed by atoms with Crippen molar-refractivity contribution in [3.05, 3.63) is 15.3 Å². The van der Waals surface area contributed by atoms with Crippen molar-refractivity contribution >= 4 is 23.0 Å². The molecule has 15 heavy (non-hydrogen) atoms. The number of carboxylic acids is 1. The van der Waals surface area contributed by atoms with Crippen molar-refractivity contribution in [1.82, 2.24) is 0 Å². The fourth-order valence-electron chi connectivity index (χ4n) is 0.913. The summed E-state index contributed by atoms with van der Waals surface area (Å²) < 4.78 is 36.9. The monoisotopic (exact) mass is 236 g/mol. The van der Waals surface area contributed by atoms with E-state index in [1.165, 1.54) is 6.07 Å². The van der Waals surface area contributed by atoms with Crippen LogP contribution < -0.4 is 5.73 Å². The summed E-state index contributed by atoms with van der Waals surface area (Å²) >= 11 is -0.0463. The first-order valence-electron chi connectivity index (χ1n) is 3.42. The number of hydrogen-bond acceptors (Lipinski definition) is 4. The number of aromatic carboxylic acids is 1. The maximum absolute atomic E-state index is 12.3. The first-order valence-corrected chi connectivity index (χ1v) is 4.23. The van der Waals surface area contributed by atoms with Gasteiger partial charge in [-0.15, -0.1) is 11.3 Å². The average Bonchev–Trinajstić information content (AvgIpc) is 2.41. The third-order valence-corrected chi connectivity index (χ3v) is 2.75. The Balaban J connectivity index is 3.50. The summed E-state index contributed by atoms with van der Waals surface area (Å²) in [6, 6.07) is 1.25. The van der Waals surface area contributed by atoms with Gasteiger partial charge in [-0.1, -0.05) is 0 Å². The highest BCUT2D eigenvalue weighted by atomic mass is 32.1. The minimum absolute atomic E-state index is 0.0463. The van der Waals surface area contributed by atoms with Crippen molar-refractivity contribution in [2.45, 2.75) is 6.18 Å². The number of hydrogen-bond donors (Lipinski definition) is 2. The van der Waals surface area contributed by atoms with Gasteiger partial charge >= 0.3 is 12.1 Å². The second-order valence-electron chi connectivity index (χ2n) is 2.46. The Kier molecular flexibility index (Phi) is 2.59. The molecule has 3 N–H and O–H groups in total. The topological polar surface area (TPSA) is 87.1 Å². The highest BCUT2D eigenvalue weighted by Crippen LogP contribution is 2.41. The van der Waals surface area contributed by atoms with E-state index in [1.807, 2.05) is 0 Å². The third-order valence-electron chi connectivity index (χ3n) is 1.51. The molecule has 0 atom stereocenters. The number of nitrogen functional groups attached to an aromatic ring is 1. The lowest BCUT2D eigenvalue weighted by Crippen LogP contribution is -2.04. The van der Waals surface area contributed by atoms with E-state index in [4.69, 9.17) is 16.1 Å². The normalized spacial score (nSPS) is 11.1. The lowest BCUT2D eigenvalue weighted by atomic mass is 10.2. The van der Waals surface area contributed by atoms with Crippen molar-refractivity contribution in [1.29, 1.82) is 5.26 Å². The Morgan fingerprint density at radius 2 is 2.07 bits per heavy atom. The van der Waals surface area contributed by atoms with Gasteiger partial charge in [-0.25, -0.2) is 4.79 Å². The summed E-state index contributed by atoms with van der Waals surface area (Å²) in [7, 11) is 0. The number of anilines is 1. The predicted molar refractivity (Wildman–Crippen MR) is 45.4 cm³/mol. The first kappa shape index (κ1) is 11.3. The molecule has 1 aromatic heterocycles. The first-order chi connectivity index (χ1) is 6.79. The van der Waals surface area contributed by atoms with Crippen LogP contribution in [0.1, 0.15) is 20.1 Å². The quantitative estimate of drug-likeness (QED) is 0.779. The summed E-state index contributed by atoms with van der Waals surface area (Å²) in [5.41, 5.74) is 3.65. The Bertz CT molecular complexity index is 458. The zero-order valence-electron chi connectivity index (χ0n) is 6.92. The molecule has 1 rings (SSSR count).